The van der Waals surface area contributed by atoms with Gasteiger partial charge in [-0.15, -0.1) is 0 Å². The largest absolute Gasteiger partial charge is 0.342 e. The van der Waals surface area contributed by atoms with Gasteiger partial charge in [0.25, 0.3) is 5.91 Å². The molecule has 1 aromatic rings. The van der Waals surface area contributed by atoms with Gasteiger partial charge in [0, 0.05) is 29.7 Å². The van der Waals surface area contributed by atoms with Gasteiger partial charge in [0.05, 0.1) is 4.90 Å². The molecule has 2 saturated heterocycles. The molecule has 0 aromatic heterocycles. The number of halogens is 2. The summed E-state index contributed by atoms with van der Waals surface area (Å²) in [5, 5.41) is 11.8. The number of sulfonamides is 1. The summed E-state index contributed by atoms with van der Waals surface area (Å²) in [6.45, 7) is 7.07. The third-order valence-corrected chi connectivity index (χ3v) is 8.00. The van der Waals surface area contributed by atoms with Crippen molar-refractivity contribution in [3.05, 3.63) is 28.2 Å². The molecule has 30 heavy (non-hydrogen) atoms. The zero-order valence-corrected chi connectivity index (χ0v) is 19.7. The van der Waals surface area contributed by atoms with Gasteiger partial charge < -0.3 is 5.32 Å². The second-order valence-corrected chi connectivity index (χ2v) is 11.6. The molecular formula is C20H28Cl2N4O3S. The van der Waals surface area contributed by atoms with Gasteiger partial charge in [0.1, 0.15) is 5.54 Å². The van der Waals surface area contributed by atoms with Crippen LogP contribution in [0.4, 0.5) is 0 Å². The van der Waals surface area contributed by atoms with Crippen molar-refractivity contribution in [2.24, 2.45) is 11.8 Å². The molecule has 1 aromatic carbocycles. The Balaban J connectivity index is 1.63. The Hall–Kier alpha value is -1.35. The van der Waals surface area contributed by atoms with Crippen LogP contribution in [0.1, 0.15) is 40.0 Å². The summed E-state index contributed by atoms with van der Waals surface area (Å²) < 4.78 is 27.3. The molecule has 2 N–H and O–H groups in total. The molecule has 0 saturated carbocycles. The second kappa shape index (κ2) is 8.65. The van der Waals surface area contributed by atoms with Gasteiger partial charge in [-0.25, -0.2) is 8.42 Å². The molecule has 1 unspecified atom stereocenters. The summed E-state index contributed by atoms with van der Waals surface area (Å²) >= 11 is 11.9. The lowest BCUT2D eigenvalue weighted by molar-refractivity contribution is -0.131. The van der Waals surface area contributed by atoms with Crippen LogP contribution in [0.15, 0.2) is 23.1 Å². The smallest absolute Gasteiger partial charge is 0.254 e. The summed E-state index contributed by atoms with van der Waals surface area (Å²) in [5.74, 6) is 0.510. The van der Waals surface area contributed by atoms with Gasteiger partial charge in [-0.05, 0) is 56.2 Å². The van der Waals surface area contributed by atoms with E-state index in [1.54, 1.807) is 0 Å². The molecule has 166 valence electrons. The van der Waals surface area contributed by atoms with Gasteiger partial charge in [0.15, 0.2) is 5.96 Å². The van der Waals surface area contributed by atoms with E-state index in [1.807, 2.05) is 6.92 Å². The first-order valence-corrected chi connectivity index (χ1v) is 12.3. The number of hydrogen-bond acceptors (Lipinski definition) is 4. The number of piperidine rings is 1. The predicted octanol–water partition coefficient (Wildman–Crippen LogP) is 3.57. The monoisotopic (exact) mass is 474 g/mol. The fourth-order valence-corrected chi connectivity index (χ4v) is 6.52. The van der Waals surface area contributed by atoms with E-state index in [1.165, 1.54) is 27.4 Å². The first-order chi connectivity index (χ1) is 13.9. The standard InChI is InChI=1S/C20H28Cl2N4O3S/c1-13(2)11-20(3)18(27)26(19(23)24-20)12-14-4-6-25(7-5-14)30(28,29)17-9-15(21)8-16(22)10-17/h8-10,13-14H,4-7,11-12H2,1-3H3,(H2,23,24). The average Bonchev–Trinajstić information content (AvgIpc) is 2.83. The van der Waals surface area contributed by atoms with Crippen LogP contribution in [0.25, 0.3) is 0 Å². The van der Waals surface area contributed by atoms with Gasteiger partial charge in [-0.3, -0.25) is 15.1 Å². The van der Waals surface area contributed by atoms with E-state index >= 15 is 0 Å². The van der Waals surface area contributed by atoms with Gasteiger partial charge in [0.2, 0.25) is 10.0 Å². The zero-order valence-electron chi connectivity index (χ0n) is 17.4. The highest BCUT2D eigenvalue weighted by atomic mass is 35.5. The number of hydrogen-bond donors (Lipinski definition) is 2. The summed E-state index contributed by atoms with van der Waals surface area (Å²) in [6.07, 6.45) is 1.89. The highest BCUT2D eigenvalue weighted by molar-refractivity contribution is 7.89. The maximum Gasteiger partial charge on any atom is 0.254 e. The van der Waals surface area contributed by atoms with E-state index in [0.29, 0.717) is 44.8 Å². The normalized spacial score (nSPS) is 24.0. The summed E-state index contributed by atoms with van der Waals surface area (Å²) in [4.78, 5) is 14.5. The Morgan fingerprint density at radius 3 is 2.30 bits per heavy atom. The van der Waals surface area contributed by atoms with E-state index < -0.39 is 15.6 Å². The van der Waals surface area contributed by atoms with E-state index in [4.69, 9.17) is 28.6 Å². The minimum Gasteiger partial charge on any atom is -0.342 e. The number of guanidine groups is 1. The molecule has 0 aliphatic carbocycles. The number of rotatable bonds is 6. The molecule has 2 fully saturated rings. The summed E-state index contributed by atoms with van der Waals surface area (Å²) in [6, 6.07) is 4.30. The van der Waals surface area contributed by atoms with Crippen LogP contribution in [0, 0.1) is 17.2 Å². The molecular weight excluding hydrogens is 447 g/mol. The van der Waals surface area contributed by atoms with Crippen molar-refractivity contribution in [3.8, 4) is 0 Å². The molecule has 7 nitrogen and oxygen atoms in total. The van der Waals surface area contributed by atoms with Crippen molar-refractivity contribution in [2.45, 2.75) is 50.5 Å². The van der Waals surface area contributed by atoms with Crippen LogP contribution in [0.2, 0.25) is 10.0 Å². The van der Waals surface area contributed by atoms with Crippen molar-refractivity contribution in [1.29, 1.82) is 5.41 Å². The van der Waals surface area contributed by atoms with E-state index in [-0.39, 0.29) is 32.7 Å². The number of carbonyl (C=O) groups excluding carboxylic acids is 1. The van der Waals surface area contributed by atoms with Crippen molar-refractivity contribution in [2.75, 3.05) is 19.6 Å². The van der Waals surface area contributed by atoms with Crippen LogP contribution < -0.4 is 5.32 Å². The third-order valence-electron chi connectivity index (χ3n) is 5.69. The van der Waals surface area contributed by atoms with Gasteiger partial charge in [-0.1, -0.05) is 37.0 Å². The molecule has 1 atom stereocenters. The number of amides is 1. The fraction of sp³-hybridized carbons (Fsp3) is 0.600. The minimum absolute atomic E-state index is 0.0789. The molecule has 3 rings (SSSR count). The lowest BCUT2D eigenvalue weighted by Crippen LogP contribution is -2.46. The fourth-order valence-electron chi connectivity index (χ4n) is 4.33. The minimum atomic E-state index is -3.68. The lowest BCUT2D eigenvalue weighted by atomic mass is 9.90. The Morgan fingerprint density at radius 1 is 1.20 bits per heavy atom. The molecule has 1 amide bonds. The number of nitrogens with zero attached hydrogens (tertiary/aromatic N) is 2. The molecule has 2 aliphatic rings. The van der Waals surface area contributed by atoms with Gasteiger partial charge >= 0.3 is 0 Å². The lowest BCUT2D eigenvalue weighted by Gasteiger charge is -2.33. The third kappa shape index (κ3) is 4.77. The Morgan fingerprint density at radius 2 is 1.77 bits per heavy atom. The number of nitrogens with one attached hydrogen (secondary N) is 2. The molecule has 0 bridgehead atoms. The summed E-state index contributed by atoms with van der Waals surface area (Å²) in [7, 11) is -3.68. The van der Waals surface area contributed by atoms with E-state index in [9.17, 15) is 13.2 Å². The van der Waals surface area contributed by atoms with E-state index in [0.717, 1.165) is 0 Å². The Kier molecular flexibility index (Phi) is 6.72. The van der Waals surface area contributed by atoms with Crippen molar-refractivity contribution < 1.29 is 13.2 Å². The van der Waals surface area contributed by atoms with Crippen molar-refractivity contribution in [1.82, 2.24) is 14.5 Å². The van der Waals surface area contributed by atoms with Crippen LogP contribution in [0.3, 0.4) is 0 Å². The molecule has 2 heterocycles. The highest BCUT2D eigenvalue weighted by Gasteiger charge is 2.46. The maximum atomic E-state index is 12.9. The highest BCUT2D eigenvalue weighted by Crippen LogP contribution is 2.30. The molecule has 10 heteroatoms. The predicted molar refractivity (Wildman–Crippen MR) is 118 cm³/mol. The summed E-state index contributed by atoms with van der Waals surface area (Å²) in [5.41, 5.74) is -0.749. The van der Waals surface area contributed by atoms with Gasteiger partial charge in [-0.2, -0.15) is 4.31 Å². The van der Waals surface area contributed by atoms with Crippen LogP contribution >= 0.6 is 23.2 Å². The van der Waals surface area contributed by atoms with Crippen LogP contribution in [-0.2, 0) is 14.8 Å². The maximum absolute atomic E-state index is 12.9. The average molecular weight is 475 g/mol. The second-order valence-electron chi connectivity index (χ2n) is 8.77. The number of benzene rings is 1. The Labute approximate surface area is 188 Å². The van der Waals surface area contributed by atoms with E-state index in [2.05, 4.69) is 19.2 Å². The van der Waals surface area contributed by atoms with Crippen molar-refractivity contribution >= 4 is 45.1 Å². The SMILES string of the molecule is CC(C)CC1(C)NC(=N)N(CC2CCN(S(=O)(=O)c3cc(Cl)cc(Cl)c3)CC2)C1=O. The first-order valence-electron chi connectivity index (χ1n) is 10.1. The Bertz CT molecular complexity index is 925. The molecule has 2 aliphatic heterocycles. The topological polar surface area (TPSA) is 93.6 Å². The number of carbonyl (C=O) groups is 1. The zero-order chi connectivity index (χ0) is 22.3. The van der Waals surface area contributed by atoms with Crippen LogP contribution in [-0.4, -0.2) is 54.7 Å². The molecule has 0 spiro atoms. The molecule has 0 radical (unpaired) electrons. The van der Waals surface area contributed by atoms with Crippen LogP contribution in [0.5, 0.6) is 0 Å². The first kappa shape index (κ1) is 23.3. The van der Waals surface area contributed by atoms with Crippen molar-refractivity contribution in [3.63, 3.8) is 0 Å². The quantitative estimate of drug-likeness (QED) is 0.658.